The predicted molar refractivity (Wildman–Crippen MR) is 61.1 cm³/mol. The highest BCUT2D eigenvalue weighted by atomic mass is 32.1. The summed E-state index contributed by atoms with van der Waals surface area (Å²) in [6.07, 6.45) is 4.18. The van der Waals surface area contributed by atoms with Crippen molar-refractivity contribution in [3.05, 3.63) is 10.4 Å². The van der Waals surface area contributed by atoms with Gasteiger partial charge in [0.05, 0.1) is 5.01 Å². The highest BCUT2D eigenvalue weighted by Crippen LogP contribution is 2.21. The predicted octanol–water partition coefficient (Wildman–Crippen LogP) is 1.25. The molecule has 2 heterocycles. The lowest BCUT2D eigenvalue weighted by atomic mass is 9.95. The van der Waals surface area contributed by atoms with E-state index in [4.69, 9.17) is 0 Å². The van der Waals surface area contributed by atoms with Crippen LogP contribution in [0.15, 0.2) is 5.38 Å². The van der Waals surface area contributed by atoms with E-state index in [1.807, 2.05) is 5.38 Å². The van der Waals surface area contributed by atoms with E-state index in [0.717, 1.165) is 30.4 Å². The molecule has 0 unspecified atom stereocenters. The van der Waals surface area contributed by atoms with Gasteiger partial charge in [0.25, 0.3) is 0 Å². The van der Waals surface area contributed by atoms with E-state index >= 15 is 0 Å². The lowest BCUT2D eigenvalue weighted by molar-refractivity contribution is -0.105. The first-order valence-electron chi connectivity index (χ1n) is 5.24. The van der Waals surface area contributed by atoms with Gasteiger partial charge in [-0.15, -0.1) is 11.3 Å². The largest absolute Gasteiger partial charge is 0.317 e. The van der Waals surface area contributed by atoms with Gasteiger partial charge >= 0.3 is 0 Å². The summed E-state index contributed by atoms with van der Waals surface area (Å²) < 4.78 is 0. The van der Waals surface area contributed by atoms with Gasteiger partial charge in [-0.25, -0.2) is 4.98 Å². The second-order valence-corrected chi connectivity index (χ2v) is 4.73. The minimum atomic E-state index is 0.670. The summed E-state index contributed by atoms with van der Waals surface area (Å²) in [6.45, 7) is 2.24. The first-order chi connectivity index (χ1) is 7.38. The fourth-order valence-electron chi connectivity index (χ4n) is 1.86. The van der Waals surface area contributed by atoms with Crippen molar-refractivity contribution in [1.82, 2.24) is 10.3 Å². The van der Waals surface area contributed by atoms with Gasteiger partial charge in [-0.3, -0.25) is 4.79 Å². The molecule has 2 N–H and O–H groups in total. The number of anilines is 1. The molecule has 5 heteroatoms. The average Bonchev–Trinajstić information content (AvgIpc) is 2.68. The minimum Gasteiger partial charge on any atom is -0.317 e. The van der Waals surface area contributed by atoms with Gasteiger partial charge in [0.15, 0.2) is 0 Å². The zero-order chi connectivity index (χ0) is 10.5. The third-order valence-corrected chi connectivity index (χ3v) is 3.55. The fourth-order valence-corrected chi connectivity index (χ4v) is 2.72. The van der Waals surface area contributed by atoms with Crippen molar-refractivity contribution in [2.24, 2.45) is 5.92 Å². The van der Waals surface area contributed by atoms with Gasteiger partial charge in [-0.2, -0.15) is 0 Å². The number of rotatable bonds is 4. The number of amides is 1. The number of hydrogen-bond donors (Lipinski definition) is 2. The monoisotopic (exact) mass is 225 g/mol. The zero-order valence-corrected chi connectivity index (χ0v) is 9.35. The number of thiazole rings is 1. The Bertz CT molecular complexity index is 320. The van der Waals surface area contributed by atoms with Crippen LogP contribution in [-0.4, -0.2) is 24.5 Å². The molecule has 0 radical (unpaired) electrons. The van der Waals surface area contributed by atoms with Crippen LogP contribution in [0.4, 0.5) is 5.82 Å². The summed E-state index contributed by atoms with van der Waals surface area (Å²) in [5.41, 5.74) is 0. The van der Waals surface area contributed by atoms with E-state index < -0.39 is 0 Å². The van der Waals surface area contributed by atoms with E-state index in [1.165, 1.54) is 12.8 Å². The molecule has 4 nitrogen and oxygen atoms in total. The Morgan fingerprint density at radius 1 is 1.60 bits per heavy atom. The number of carbonyl (C=O) groups excluding carboxylic acids is 1. The summed E-state index contributed by atoms with van der Waals surface area (Å²) >= 11 is 1.63. The number of hydrogen-bond acceptors (Lipinski definition) is 4. The lowest BCUT2D eigenvalue weighted by Gasteiger charge is -2.21. The molecule has 1 amide bonds. The molecule has 0 bridgehead atoms. The highest BCUT2D eigenvalue weighted by Gasteiger charge is 2.15. The minimum absolute atomic E-state index is 0.670. The maximum absolute atomic E-state index is 10.2. The van der Waals surface area contributed by atoms with Gasteiger partial charge < -0.3 is 10.6 Å². The first kappa shape index (κ1) is 10.6. The maximum Gasteiger partial charge on any atom is 0.212 e. The van der Waals surface area contributed by atoms with Gasteiger partial charge in [0.2, 0.25) is 6.41 Å². The molecule has 1 saturated heterocycles. The summed E-state index contributed by atoms with van der Waals surface area (Å²) in [5, 5.41) is 8.95. The summed E-state index contributed by atoms with van der Waals surface area (Å²) in [7, 11) is 0. The molecule has 0 atom stereocenters. The molecule has 1 aromatic rings. The van der Waals surface area contributed by atoms with Gasteiger partial charge in [0.1, 0.15) is 5.82 Å². The molecule has 1 aliphatic heterocycles. The summed E-state index contributed by atoms with van der Waals surface area (Å²) in [6, 6.07) is 0. The van der Waals surface area contributed by atoms with Gasteiger partial charge in [-0.1, -0.05) is 0 Å². The van der Waals surface area contributed by atoms with Crippen LogP contribution in [0.25, 0.3) is 0 Å². The molecule has 15 heavy (non-hydrogen) atoms. The Kier molecular flexibility index (Phi) is 3.69. The first-order valence-corrected chi connectivity index (χ1v) is 6.12. The van der Waals surface area contributed by atoms with E-state index in [1.54, 1.807) is 11.3 Å². The molecule has 1 aliphatic rings. The number of nitrogens with zero attached hydrogens (tertiary/aromatic N) is 1. The maximum atomic E-state index is 10.2. The van der Waals surface area contributed by atoms with E-state index in [-0.39, 0.29) is 0 Å². The van der Waals surface area contributed by atoms with Crippen molar-refractivity contribution in [1.29, 1.82) is 0 Å². The van der Waals surface area contributed by atoms with Crippen molar-refractivity contribution in [2.45, 2.75) is 19.3 Å². The van der Waals surface area contributed by atoms with Crippen LogP contribution in [0.2, 0.25) is 0 Å². The number of nitrogens with one attached hydrogen (secondary N) is 2. The molecule has 0 aromatic carbocycles. The van der Waals surface area contributed by atoms with E-state index in [0.29, 0.717) is 12.2 Å². The van der Waals surface area contributed by atoms with Crippen molar-refractivity contribution >= 4 is 23.6 Å². The van der Waals surface area contributed by atoms with Crippen molar-refractivity contribution < 1.29 is 4.79 Å². The second kappa shape index (κ2) is 5.23. The Morgan fingerprint density at radius 3 is 3.13 bits per heavy atom. The Labute approximate surface area is 93.1 Å². The van der Waals surface area contributed by atoms with Gasteiger partial charge in [-0.05, 0) is 31.8 Å². The van der Waals surface area contributed by atoms with Crippen LogP contribution in [-0.2, 0) is 11.2 Å². The van der Waals surface area contributed by atoms with Crippen LogP contribution in [0.5, 0.6) is 0 Å². The Balaban J connectivity index is 1.88. The van der Waals surface area contributed by atoms with Gasteiger partial charge in [0, 0.05) is 11.8 Å². The topological polar surface area (TPSA) is 54.0 Å². The van der Waals surface area contributed by atoms with Crippen molar-refractivity contribution in [3.8, 4) is 0 Å². The molecule has 82 valence electrons. The summed E-state index contributed by atoms with van der Waals surface area (Å²) in [5.74, 6) is 1.43. The third-order valence-electron chi connectivity index (χ3n) is 2.68. The normalized spacial score (nSPS) is 17.6. The van der Waals surface area contributed by atoms with Crippen LogP contribution < -0.4 is 10.6 Å². The van der Waals surface area contributed by atoms with E-state index in [2.05, 4.69) is 15.6 Å². The molecule has 0 saturated carbocycles. The molecular weight excluding hydrogens is 210 g/mol. The quantitative estimate of drug-likeness (QED) is 0.758. The van der Waals surface area contributed by atoms with Crippen LogP contribution >= 0.6 is 11.3 Å². The van der Waals surface area contributed by atoms with E-state index in [9.17, 15) is 4.79 Å². The van der Waals surface area contributed by atoms with Crippen molar-refractivity contribution in [2.75, 3.05) is 18.4 Å². The number of piperidine rings is 1. The van der Waals surface area contributed by atoms with Crippen LogP contribution in [0.1, 0.15) is 17.8 Å². The van der Waals surface area contributed by atoms with Crippen LogP contribution in [0, 0.1) is 5.92 Å². The molecule has 2 rings (SSSR count). The van der Waals surface area contributed by atoms with Crippen LogP contribution in [0.3, 0.4) is 0 Å². The average molecular weight is 225 g/mol. The molecule has 1 aromatic heterocycles. The second-order valence-electron chi connectivity index (χ2n) is 3.79. The number of aromatic nitrogens is 1. The fraction of sp³-hybridized carbons (Fsp3) is 0.600. The summed E-state index contributed by atoms with van der Waals surface area (Å²) in [4.78, 5) is 14.6. The number of carbonyl (C=O) groups is 1. The third kappa shape index (κ3) is 3.00. The van der Waals surface area contributed by atoms with Crippen molar-refractivity contribution in [3.63, 3.8) is 0 Å². The molecular formula is C10H15N3OS. The lowest BCUT2D eigenvalue weighted by Crippen LogP contribution is -2.28. The standard InChI is InChI=1S/C10H15N3OS/c14-7-12-9-6-15-10(13-9)5-8-1-3-11-4-2-8/h6-8,11H,1-5H2,(H,12,14). The smallest absolute Gasteiger partial charge is 0.212 e. The molecule has 1 fully saturated rings. The SMILES string of the molecule is O=CNc1csc(CC2CCNCC2)n1. The molecule has 0 aliphatic carbocycles. The Hall–Kier alpha value is -0.940. The zero-order valence-electron chi connectivity index (χ0n) is 8.53. The Morgan fingerprint density at radius 2 is 2.40 bits per heavy atom. The molecule has 0 spiro atoms. The highest BCUT2D eigenvalue weighted by molar-refractivity contribution is 7.10.